The first-order valence-electron chi connectivity index (χ1n) is 16.7. The van der Waals surface area contributed by atoms with E-state index in [1.165, 1.54) is 86.7 Å². The summed E-state index contributed by atoms with van der Waals surface area (Å²) in [5, 5.41) is 19.9. The Balaban J connectivity index is 0.000000217. The Hall–Kier alpha value is -2.79. The van der Waals surface area contributed by atoms with E-state index in [1.54, 1.807) is 11.3 Å². The van der Waals surface area contributed by atoms with E-state index in [2.05, 4.69) is 53.1 Å². The molecule has 1 radical (unpaired) electrons. The maximum atomic E-state index is 11.7. The third-order valence-electron chi connectivity index (χ3n) is 10.1. The largest absolute Gasteiger partial charge is 0.512 e. The van der Waals surface area contributed by atoms with Crippen LogP contribution in [-0.4, -0.2) is 20.3 Å². The van der Waals surface area contributed by atoms with Crippen molar-refractivity contribution in [2.24, 2.45) is 17.8 Å². The number of carbonyl (C=O) groups excluding carboxylic acids is 1. The van der Waals surface area contributed by atoms with Gasteiger partial charge >= 0.3 is 0 Å². The summed E-state index contributed by atoms with van der Waals surface area (Å²) in [6.45, 7) is 10.3. The molecule has 45 heavy (non-hydrogen) atoms. The maximum absolute atomic E-state index is 11.7. The molecule has 7 rings (SSSR count). The summed E-state index contributed by atoms with van der Waals surface area (Å²) in [7, 11) is 0. The molecule has 4 aromatic heterocycles. The van der Waals surface area contributed by atoms with E-state index in [9.17, 15) is 9.90 Å². The molecule has 6 heteroatoms. The summed E-state index contributed by atoms with van der Waals surface area (Å²) in [6, 6.07) is 13.6. The number of hydrogen-bond acceptors (Lipinski definition) is 4. The SMILES string of the molecule is CCC(CC)C(=O)/C=C(\O)C(CC)CC.Cc1s[c-]c2c3nccc4cc(CC5CCCC5)c5c6ccccc6n(c12)c5c43.[Ir]. The van der Waals surface area contributed by atoms with Gasteiger partial charge in [0.15, 0.2) is 5.78 Å². The minimum atomic E-state index is 0. The van der Waals surface area contributed by atoms with E-state index in [-0.39, 0.29) is 43.5 Å². The topological polar surface area (TPSA) is 54.6 Å². The van der Waals surface area contributed by atoms with Crippen LogP contribution in [0.5, 0.6) is 0 Å². The predicted molar refractivity (Wildman–Crippen MR) is 187 cm³/mol. The zero-order valence-electron chi connectivity index (χ0n) is 27.2. The van der Waals surface area contributed by atoms with Gasteiger partial charge in [0.25, 0.3) is 0 Å². The van der Waals surface area contributed by atoms with Gasteiger partial charge in [0.2, 0.25) is 0 Å². The van der Waals surface area contributed by atoms with E-state index in [1.807, 2.05) is 33.9 Å². The maximum Gasteiger partial charge on any atom is 0.162 e. The van der Waals surface area contributed by atoms with E-state index >= 15 is 0 Å². The number of carbonyl (C=O) groups is 1. The molecule has 2 aromatic carbocycles. The van der Waals surface area contributed by atoms with Crippen LogP contribution in [0.3, 0.4) is 0 Å². The number of aromatic nitrogens is 2. The van der Waals surface area contributed by atoms with Gasteiger partial charge in [-0.3, -0.25) is 16.1 Å². The van der Waals surface area contributed by atoms with Crippen LogP contribution in [0.1, 0.15) is 89.5 Å². The van der Waals surface area contributed by atoms with Gasteiger partial charge in [0.1, 0.15) is 0 Å². The first-order valence-corrected chi connectivity index (χ1v) is 17.5. The number of benzene rings is 2. The summed E-state index contributed by atoms with van der Waals surface area (Å²) in [5.41, 5.74) is 6.59. The molecule has 0 bridgehead atoms. The number of fused-ring (bicyclic) bond motifs is 6. The first-order chi connectivity index (χ1) is 21.4. The molecule has 0 saturated heterocycles. The van der Waals surface area contributed by atoms with Crippen LogP contribution in [0.4, 0.5) is 0 Å². The van der Waals surface area contributed by atoms with Crippen molar-refractivity contribution in [3.8, 4) is 0 Å². The molecule has 0 aliphatic heterocycles. The summed E-state index contributed by atoms with van der Waals surface area (Å²) in [4.78, 5) is 17.9. The molecule has 1 N–H and O–H groups in total. The zero-order valence-corrected chi connectivity index (χ0v) is 30.4. The van der Waals surface area contributed by atoms with Gasteiger partial charge in [-0.25, -0.2) is 0 Å². The Labute approximate surface area is 284 Å². The smallest absolute Gasteiger partial charge is 0.162 e. The van der Waals surface area contributed by atoms with Crippen LogP contribution < -0.4 is 0 Å². The number of para-hydroxylation sites is 1. The summed E-state index contributed by atoms with van der Waals surface area (Å²) < 4.78 is 2.51. The number of ketones is 1. The van der Waals surface area contributed by atoms with E-state index in [0.29, 0.717) is 0 Å². The number of nitrogens with zero attached hydrogens (tertiary/aromatic N) is 2. The summed E-state index contributed by atoms with van der Waals surface area (Å²) in [6.07, 6.45) is 13.6. The fraction of sp³-hybridized carbons (Fsp3) is 0.436. The Kier molecular flexibility index (Phi) is 10.7. The van der Waals surface area contributed by atoms with E-state index < -0.39 is 0 Å². The van der Waals surface area contributed by atoms with Crippen LogP contribution in [0.2, 0.25) is 0 Å². The molecule has 4 heterocycles. The van der Waals surface area contributed by atoms with Crippen molar-refractivity contribution in [3.63, 3.8) is 0 Å². The van der Waals surface area contributed by atoms with Crippen LogP contribution in [0, 0.1) is 30.1 Å². The predicted octanol–water partition coefficient (Wildman–Crippen LogP) is 11.2. The fourth-order valence-corrected chi connectivity index (χ4v) is 8.36. The number of pyridine rings is 2. The molecule has 6 aromatic rings. The quantitative estimate of drug-likeness (QED) is 0.0901. The molecule has 0 atom stereocenters. The van der Waals surface area contributed by atoms with Crippen molar-refractivity contribution in [1.82, 2.24) is 9.38 Å². The number of aliphatic hydroxyl groups is 1. The normalized spacial score (nSPS) is 14.4. The molecule has 1 aliphatic carbocycles. The average Bonchev–Trinajstić information content (AvgIpc) is 3.77. The van der Waals surface area contributed by atoms with Crippen molar-refractivity contribution in [2.45, 2.75) is 92.4 Å². The third kappa shape index (κ3) is 6.06. The van der Waals surface area contributed by atoms with Crippen LogP contribution in [0.15, 0.2) is 54.4 Å². The minimum absolute atomic E-state index is 0. The van der Waals surface area contributed by atoms with Gasteiger partial charge in [-0.15, -0.1) is 0 Å². The standard InChI is InChI=1S/C26H21N2S.C13H24O2.Ir/c1-15-25-20(14-29-15)24-23-17(10-11-27-24)13-18(12-16-6-2-3-7-16)22-19-8-4-5-9-21(19)28(25)26(22)23;1-5-10(6-2)12(14)9-13(15)11(7-3)8-4;/h4-5,8-11,13,16H,2-3,6-7,12H2,1H3;9-11,14H,5-8H2,1-4H3;/q-1;;/b;12-9-;. The van der Waals surface area contributed by atoms with Gasteiger partial charge < -0.3 is 14.5 Å². The number of hydrogen-bond donors (Lipinski definition) is 1. The van der Waals surface area contributed by atoms with Gasteiger partial charge in [0, 0.05) is 66.0 Å². The molecule has 239 valence electrons. The van der Waals surface area contributed by atoms with Crippen molar-refractivity contribution in [3.05, 3.63) is 70.3 Å². The van der Waals surface area contributed by atoms with Gasteiger partial charge in [0.05, 0.1) is 5.76 Å². The van der Waals surface area contributed by atoms with Crippen LogP contribution in [0.25, 0.3) is 49.0 Å². The second-order valence-corrected chi connectivity index (χ2v) is 13.7. The monoisotopic (exact) mass is 798 g/mol. The second-order valence-electron chi connectivity index (χ2n) is 12.7. The first kappa shape index (κ1) is 33.6. The average molecular weight is 798 g/mol. The Morgan fingerprint density at radius 1 is 1.02 bits per heavy atom. The molecular formula is C39H45IrN2O2S-. The van der Waals surface area contributed by atoms with Crippen molar-refractivity contribution in [2.75, 3.05) is 0 Å². The fourth-order valence-electron chi connectivity index (χ4n) is 7.63. The number of aliphatic hydroxyl groups excluding tert-OH is 1. The summed E-state index contributed by atoms with van der Waals surface area (Å²) >= 11 is 1.72. The van der Waals surface area contributed by atoms with Gasteiger partial charge in [-0.2, -0.15) is 0 Å². The van der Waals surface area contributed by atoms with E-state index in [4.69, 9.17) is 4.98 Å². The molecule has 0 amide bonds. The molecule has 0 unspecified atom stereocenters. The zero-order chi connectivity index (χ0) is 31.0. The minimum Gasteiger partial charge on any atom is -0.512 e. The van der Waals surface area contributed by atoms with Crippen molar-refractivity contribution >= 4 is 66.1 Å². The molecular weight excluding hydrogens is 753 g/mol. The summed E-state index contributed by atoms with van der Waals surface area (Å²) in [5.74, 6) is 1.37. The van der Waals surface area contributed by atoms with Crippen molar-refractivity contribution in [1.29, 1.82) is 0 Å². The van der Waals surface area contributed by atoms with E-state index in [0.717, 1.165) is 42.5 Å². The van der Waals surface area contributed by atoms with Gasteiger partial charge in [-0.05, 0) is 72.0 Å². The number of rotatable bonds is 9. The Morgan fingerprint density at radius 3 is 2.40 bits per heavy atom. The Bertz CT molecular complexity index is 1950. The molecule has 1 aliphatic rings. The van der Waals surface area contributed by atoms with Crippen LogP contribution in [-0.2, 0) is 31.3 Å². The molecule has 1 saturated carbocycles. The van der Waals surface area contributed by atoms with Crippen LogP contribution >= 0.6 is 11.3 Å². The molecule has 1 fully saturated rings. The second kappa shape index (κ2) is 14.3. The Morgan fingerprint density at radius 2 is 1.71 bits per heavy atom. The van der Waals surface area contributed by atoms with Crippen molar-refractivity contribution < 1.29 is 30.0 Å². The van der Waals surface area contributed by atoms with Gasteiger partial charge in [-0.1, -0.05) is 106 Å². The number of thiophene rings is 1. The number of aryl methyl sites for hydroxylation is 1. The molecule has 0 spiro atoms. The molecule has 4 nitrogen and oxygen atoms in total. The third-order valence-corrected chi connectivity index (χ3v) is 11.0. The number of allylic oxidation sites excluding steroid dienone is 2.